The molecule has 2 rings (SSSR count). The fourth-order valence-corrected chi connectivity index (χ4v) is 4.03. The molecule has 1 aliphatic rings. The van der Waals surface area contributed by atoms with Gasteiger partial charge in [-0.25, -0.2) is 8.42 Å². The molecule has 1 atom stereocenters. The van der Waals surface area contributed by atoms with Crippen LogP contribution in [0.1, 0.15) is 24.8 Å². The second kappa shape index (κ2) is 6.24. The lowest BCUT2D eigenvalue weighted by Crippen LogP contribution is -2.29. The molecule has 0 spiro atoms. The predicted octanol–water partition coefficient (Wildman–Crippen LogP) is 1.43. The van der Waals surface area contributed by atoms with Crippen molar-refractivity contribution >= 4 is 16.0 Å². The highest BCUT2D eigenvalue weighted by Crippen LogP contribution is 2.27. The summed E-state index contributed by atoms with van der Waals surface area (Å²) in [5.74, 6) is -0.784. The molecule has 0 bridgehead atoms. The minimum absolute atomic E-state index is 0.0580. The first kappa shape index (κ1) is 15.5. The molecular weight excluding hydrogens is 292 g/mol. The molecule has 0 radical (unpaired) electrons. The fraction of sp³-hybridized carbons (Fsp3) is 0.429. The van der Waals surface area contributed by atoms with Crippen molar-refractivity contribution in [3.8, 4) is 6.07 Å². The number of nitriles is 1. The normalized spacial score (nSPS) is 19.3. The number of benzene rings is 1. The summed E-state index contributed by atoms with van der Waals surface area (Å²) in [4.78, 5) is 10.7. The summed E-state index contributed by atoms with van der Waals surface area (Å²) in [6.45, 7) is 0.732. The summed E-state index contributed by atoms with van der Waals surface area (Å²) in [7, 11) is -3.61. The summed E-state index contributed by atoms with van der Waals surface area (Å²) in [6.07, 6.45) is 1.21. The van der Waals surface area contributed by atoms with Crippen LogP contribution in [0.25, 0.3) is 0 Å². The van der Waals surface area contributed by atoms with Crippen molar-refractivity contribution < 1.29 is 18.3 Å². The van der Waals surface area contributed by atoms with Crippen LogP contribution < -0.4 is 0 Å². The Hall–Kier alpha value is -1.91. The topological polar surface area (TPSA) is 98.5 Å². The maximum Gasteiger partial charge on any atom is 0.303 e. The molecule has 1 aliphatic heterocycles. The van der Waals surface area contributed by atoms with Crippen molar-refractivity contribution in [2.75, 3.05) is 13.1 Å². The number of hydrogen-bond donors (Lipinski definition) is 1. The van der Waals surface area contributed by atoms with Gasteiger partial charge in [0.1, 0.15) is 0 Å². The van der Waals surface area contributed by atoms with Gasteiger partial charge >= 0.3 is 5.97 Å². The van der Waals surface area contributed by atoms with Gasteiger partial charge in [0.2, 0.25) is 10.0 Å². The van der Waals surface area contributed by atoms with Crippen LogP contribution >= 0.6 is 0 Å². The maximum atomic E-state index is 12.5. The van der Waals surface area contributed by atoms with Crippen LogP contribution in [0.5, 0.6) is 0 Å². The average molecular weight is 308 g/mol. The minimum Gasteiger partial charge on any atom is -0.481 e. The molecule has 1 unspecified atom stereocenters. The van der Waals surface area contributed by atoms with E-state index < -0.39 is 16.0 Å². The van der Waals surface area contributed by atoms with E-state index >= 15 is 0 Å². The van der Waals surface area contributed by atoms with E-state index in [4.69, 9.17) is 10.4 Å². The molecule has 0 amide bonds. The molecule has 1 heterocycles. The van der Waals surface area contributed by atoms with Crippen molar-refractivity contribution in [3.05, 3.63) is 29.8 Å². The SMILES string of the molecule is N#Cc1cccc(S(=O)(=O)N2CCC(CCC(=O)O)C2)c1. The molecule has 1 fully saturated rings. The Morgan fingerprint density at radius 1 is 1.48 bits per heavy atom. The van der Waals surface area contributed by atoms with Gasteiger partial charge in [0.25, 0.3) is 0 Å². The van der Waals surface area contributed by atoms with Gasteiger partial charge in [-0.1, -0.05) is 6.07 Å². The molecule has 1 aromatic carbocycles. The molecule has 21 heavy (non-hydrogen) atoms. The smallest absolute Gasteiger partial charge is 0.303 e. The van der Waals surface area contributed by atoms with Crippen LogP contribution in [-0.4, -0.2) is 36.9 Å². The van der Waals surface area contributed by atoms with E-state index in [0.717, 1.165) is 0 Å². The van der Waals surface area contributed by atoms with Crippen LogP contribution in [0.15, 0.2) is 29.2 Å². The van der Waals surface area contributed by atoms with Crippen molar-refractivity contribution in [2.45, 2.75) is 24.2 Å². The van der Waals surface area contributed by atoms with Gasteiger partial charge in [0.05, 0.1) is 16.5 Å². The van der Waals surface area contributed by atoms with Gasteiger partial charge in [0.15, 0.2) is 0 Å². The first-order chi connectivity index (χ1) is 9.93. The number of carbonyl (C=O) groups is 1. The monoisotopic (exact) mass is 308 g/mol. The maximum absolute atomic E-state index is 12.5. The van der Waals surface area contributed by atoms with Gasteiger partial charge < -0.3 is 5.11 Å². The van der Waals surface area contributed by atoms with Crippen LogP contribution in [-0.2, 0) is 14.8 Å². The quantitative estimate of drug-likeness (QED) is 0.887. The molecule has 0 aliphatic carbocycles. The van der Waals surface area contributed by atoms with Crippen LogP contribution in [0.2, 0.25) is 0 Å². The minimum atomic E-state index is -3.61. The van der Waals surface area contributed by atoms with Crippen molar-refractivity contribution in [2.24, 2.45) is 5.92 Å². The summed E-state index contributed by atoms with van der Waals surface area (Å²) in [5, 5.41) is 17.5. The Labute approximate surface area is 123 Å². The Balaban J connectivity index is 2.10. The average Bonchev–Trinajstić information content (AvgIpc) is 2.95. The highest BCUT2D eigenvalue weighted by Gasteiger charge is 2.32. The number of sulfonamides is 1. The van der Waals surface area contributed by atoms with Crippen LogP contribution in [0, 0.1) is 17.2 Å². The van der Waals surface area contributed by atoms with Gasteiger partial charge in [0, 0.05) is 19.5 Å². The molecule has 7 heteroatoms. The van der Waals surface area contributed by atoms with Crippen LogP contribution in [0.3, 0.4) is 0 Å². The standard InChI is InChI=1S/C14H16N2O4S/c15-9-12-2-1-3-13(8-12)21(19,20)16-7-6-11(10-16)4-5-14(17)18/h1-3,8,11H,4-7,10H2,(H,17,18). The van der Waals surface area contributed by atoms with E-state index in [2.05, 4.69) is 0 Å². The van der Waals surface area contributed by atoms with Crippen molar-refractivity contribution in [1.29, 1.82) is 5.26 Å². The zero-order valence-electron chi connectivity index (χ0n) is 11.4. The third-order valence-corrected chi connectivity index (χ3v) is 5.48. The molecule has 0 saturated carbocycles. The zero-order valence-corrected chi connectivity index (χ0v) is 12.2. The Morgan fingerprint density at radius 2 is 2.24 bits per heavy atom. The van der Waals surface area contributed by atoms with Gasteiger partial charge in [-0.3, -0.25) is 4.79 Å². The van der Waals surface area contributed by atoms with E-state index in [1.165, 1.54) is 16.4 Å². The number of aliphatic carboxylic acids is 1. The predicted molar refractivity (Wildman–Crippen MR) is 74.9 cm³/mol. The summed E-state index contributed by atoms with van der Waals surface area (Å²) in [6, 6.07) is 7.86. The molecule has 6 nitrogen and oxygen atoms in total. The zero-order chi connectivity index (χ0) is 15.5. The molecular formula is C14H16N2O4S. The third kappa shape index (κ3) is 3.60. The van der Waals surface area contributed by atoms with Crippen molar-refractivity contribution in [1.82, 2.24) is 4.31 Å². The summed E-state index contributed by atoms with van der Waals surface area (Å²) >= 11 is 0. The summed E-state index contributed by atoms with van der Waals surface area (Å²) < 4.78 is 26.3. The molecule has 1 saturated heterocycles. The second-order valence-electron chi connectivity index (χ2n) is 5.09. The second-order valence-corrected chi connectivity index (χ2v) is 7.03. The van der Waals surface area contributed by atoms with E-state index in [0.29, 0.717) is 31.5 Å². The number of carboxylic acid groups (broad SMARTS) is 1. The largest absolute Gasteiger partial charge is 0.481 e. The number of rotatable bonds is 5. The Morgan fingerprint density at radius 3 is 2.90 bits per heavy atom. The molecule has 0 aromatic heterocycles. The highest BCUT2D eigenvalue weighted by molar-refractivity contribution is 7.89. The van der Waals surface area contributed by atoms with E-state index in [9.17, 15) is 13.2 Å². The first-order valence-corrected chi connectivity index (χ1v) is 8.09. The van der Waals surface area contributed by atoms with Crippen molar-refractivity contribution in [3.63, 3.8) is 0 Å². The van der Waals surface area contributed by atoms with Crippen LogP contribution in [0.4, 0.5) is 0 Å². The van der Waals surface area contributed by atoms with E-state index in [1.54, 1.807) is 12.1 Å². The Kier molecular flexibility index (Phi) is 4.60. The third-order valence-electron chi connectivity index (χ3n) is 3.62. The molecule has 1 aromatic rings. The lowest BCUT2D eigenvalue weighted by Gasteiger charge is -2.16. The molecule has 112 valence electrons. The lowest BCUT2D eigenvalue weighted by molar-refractivity contribution is -0.137. The highest BCUT2D eigenvalue weighted by atomic mass is 32.2. The number of nitrogens with zero attached hydrogens (tertiary/aromatic N) is 2. The lowest BCUT2D eigenvalue weighted by atomic mass is 10.0. The van der Waals surface area contributed by atoms with Gasteiger partial charge in [-0.05, 0) is 37.0 Å². The van der Waals surface area contributed by atoms with E-state index in [-0.39, 0.29) is 17.2 Å². The number of hydrogen-bond acceptors (Lipinski definition) is 4. The Bertz CT molecular complexity index is 678. The number of carboxylic acids is 1. The molecule has 1 N–H and O–H groups in total. The fourth-order valence-electron chi connectivity index (χ4n) is 2.45. The van der Waals surface area contributed by atoms with E-state index in [1.807, 2.05) is 6.07 Å². The van der Waals surface area contributed by atoms with Gasteiger partial charge in [-0.15, -0.1) is 0 Å². The summed E-state index contributed by atoms with van der Waals surface area (Å²) in [5.41, 5.74) is 0.303. The van der Waals surface area contributed by atoms with Gasteiger partial charge in [-0.2, -0.15) is 9.57 Å². The first-order valence-electron chi connectivity index (χ1n) is 6.65.